The molecule has 0 amide bonds. The number of halogens is 2. The second-order valence-electron chi connectivity index (χ2n) is 6.70. The largest absolute Gasteiger partial charge is 0.292 e. The number of fused-ring (bicyclic) bond motifs is 1. The predicted octanol–water partition coefficient (Wildman–Crippen LogP) is 5.38. The minimum atomic E-state index is -4.10. The molecule has 1 heterocycles. The molecule has 0 aliphatic heterocycles. The lowest BCUT2D eigenvalue weighted by Crippen LogP contribution is -2.16. The Labute approximate surface area is 192 Å². The highest BCUT2D eigenvalue weighted by molar-refractivity contribution is 7.92. The fourth-order valence-corrected chi connectivity index (χ4v) is 5.29. The van der Waals surface area contributed by atoms with Crippen molar-refractivity contribution in [2.75, 3.05) is 4.72 Å². The standard InChI is InChI=1S/C22H13ClFN3O3S2/c23-18-10-9-15(32(29,30)27-14-7-5-13(24)6-8-14)11-16(18)21(28)17(12-25)22-26-19-3-1-2-4-20(19)31-22/h1-11,17,27H. The molecule has 0 bridgehead atoms. The van der Waals surface area contributed by atoms with Gasteiger partial charge in [-0.3, -0.25) is 9.52 Å². The zero-order valence-electron chi connectivity index (χ0n) is 16.1. The Balaban J connectivity index is 1.68. The third-order valence-corrected chi connectivity index (χ3v) is 7.37. The van der Waals surface area contributed by atoms with Crippen LogP contribution >= 0.6 is 22.9 Å². The van der Waals surface area contributed by atoms with E-state index in [9.17, 15) is 22.9 Å². The second-order valence-corrected chi connectivity index (χ2v) is 9.85. The summed E-state index contributed by atoms with van der Waals surface area (Å²) in [6.45, 7) is 0. The number of nitrogens with one attached hydrogen (secondary N) is 1. The number of aromatic nitrogens is 1. The summed E-state index contributed by atoms with van der Waals surface area (Å²) in [5.74, 6) is -2.41. The smallest absolute Gasteiger partial charge is 0.261 e. The van der Waals surface area contributed by atoms with Crippen LogP contribution in [0.3, 0.4) is 0 Å². The number of para-hydroxylation sites is 1. The van der Waals surface area contributed by atoms with E-state index in [1.165, 1.54) is 35.6 Å². The molecule has 0 aliphatic carbocycles. The quantitative estimate of drug-likeness (QED) is 0.369. The fraction of sp³-hybridized carbons (Fsp3) is 0.0455. The van der Waals surface area contributed by atoms with E-state index >= 15 is 0 Å². The van der Waals surface area contributed by atoms with Gasteiger partial charge in [0.15, 0.2) is 11.7 Å². The Morgan fingerprint density at radius 1 is 1.12 bits per heavy atom. The van der Waals surface area contributed by atoms with Gasteiger partial charge in [-0.15, -0.1) is 11.3 Å². The van der Waals surface area contributed by atoms with Gasteiger partial charge in [-0.1, -0.05) is 23.7 Å². The number of hydrogen-bond acceptors (Lipinski definition) is 6. The Kier molecular flexibility index (Phi) is 5.93. The molecule has 160 valence electrons. The van der Waals surface area contributed by atoms with Crippen LogP contribution in [-0.2, 0) is 10.0 Å². The summed E-state index contributed by atoms with van der Waals surface area (Å²) < 4.78 is 41.8. The minimum absolute atomic E-state index is 0.0112. The van der Waals surface area contributed by atoms with E-state index in [0.717, 1.165) is 22.9 Å². The Morgan fingerprint density at radius 2 is 1.84 bits per heavy atom. The molecule has 1 N–H and O–H groups in total. The number of thiazole rings is 1. The molecule has 6 nitrogen and oxygen atoms in total. The van der Waals surface area contributed by atoms with Gasteiger partial charge in [0.2, 0.25) is 0 Å². The number of carbonyl (C=O) groups excluding carboxylic acids is 1. The minimum Gasteiger partial charge on any atom is -0.292 e. The molecule has 0 spiro atoms. The van der Waals surface area contributed by atoms with Crippen LogP contribution in [0.4, 0.5) is 10.1 Å². The number of sulfonamides is 1. The van der Waals surface area contributed by atoms with Crippen LogP contribution < -0.4 is 4.72 Å². The summed E-state index contributed by atoms with van der Waals surface area (Å²) in [6.07, 6.45) is 0. The molecule has 0 saturated heterocycles. The third-order valence-electron chi connectivity index (χ3n) is 4.56. The van der Waals surface area contributed by atoms with Crippen molar-refractivity contribution >= 4 is 54.6 Å². The van der Waals surface area contributed by atoms with Crippen LogP contribution in [-0.4, -0.2) is 19.2 Å². The van der Waals surface area contributed by atoms with E-state index in [2.05, 4.69) is 9.71 Å². The summed E-state index contributed by atoms with van der Waals surface area (Å²) in [5, 5.41) is 9.97. The van der Waals surface area contributed by atoms with Gasteiger partial charge < -0.3 is 0 Å². The average Bonchev–Trinajstić information content (AvgIpc) is 3.19. The molecule has 0 radical (unpaired) electrons. The Bertz CT molecular complexity index is 1450. The zero-order chi connectivity index (χ0) is 22.9. The molecular formula is C22H13ClFN3O3S2. The highest BCUT2D eigenvalue weighted by Crippen LogP contribution is 2.32. The van der Waals surface area contributed by atoms with Gasteiger partial charge in [0.25, 0.3) is 10.0 Å². The first-order valence-electron chi connectivity index (χ1n) is 9.16. The first-order chi connectivity index (χ1) is 15.3. The van der Waals surface area contributed by atoms with E-state index in [-0.39, 0.29) is 21.2 Å². The lowest BCUT2D eigenvalue weighted by atomic mass is 9.99. The van der Waals surface area contributed by atoms with E-state index < -0.39 is 27.5 Å². The van der Waals surface area contributed by atoms with Crippen LogP contribution in [0.25, 0.3) is 10.2 Å². The van der Waals surface area contributed by atoms with Crippen molar-refractivity contribution in [3.05, 3.63) is 88.1 Å². The summed E-state index contributed by atoms with van der Waals surface area (Å²) in [6, 6.07) is 17.6. The molecule has 10 heteroatoms. The maximum Gasteiger partial charge on any atom is 0.261 e. The van der Waals surface area contributed by atoms with Crippen molar-refractivity contribution in [2.24, 2.45) is 0 Å². The topological polar surface area (TPSA) is 99.9 Å². The number of ketones is 1. The van der Waals surface area contributed by atoms with Gasteiger partial charge in [-0.2, -0.15) is 5.26 Å². The zero-order valence-corrected chi connectivity index (χ0v) is 18.5. The van der Waals surface area contributed by atoms with E-state index in [4.69, 9.17) is 11.6 Å². The number of nitrogens with zero attached hydrogens (tertiary/aromatic N) is 2. The molecule has 1 atom stereocenters. The van der Waals surface area contributed by atoms with Crippen molar-refractivity contribution in [3.8, 4) is 6.07 Å². The van der Waals surface area contributed by atoms with Gasteiger partial charge in [0, 0.05) is 11.3 Å². The van der Waals surface area contributed by atoms with E-state index in [0.29, 0.717) is 10.5 Å². The van der Waals surface area contributed by atoms with Crippen LogP contribution in [0, 0.1) is 17.1 Å². The van der Waals surface area contributed by atoms with Crippen molar-refractivity contribution in [1.82, 2.24) is 4.98 Å². The van der Waals surface area contributed by atoms with Gasteiger partial charge in [0.05, 0.1) is 26.2 Å². The van der Waals surface area contributed by atoms with Crippen LogP contribution in [0.1, 0.15) is 21.3 Å². The number of anilines is 1. The average molecular weight is 486 g/mol. The van der Waals surface area contributed by atoms with Crippen LogP contribution in [0.5, 0.6) is 0 Å². The van der Waals surface area contributed by atoms with Gasteiger partial charge >= 0.3 is 0 Å². The van der Waals surface area contributed by atoms with Gasteiger partial charge in [0.1, 0.15) is 10.8 Å². The SMILES string of the molecule is N#CC(C(=O)c1cc(S(=O)(=O)Nc2ccc(F)cc2)ccc1Cl)c1nc2ccccc2s1. The summed E-state index contributed by atoms with van der Waals surface area (Å²) in [4.78, 5) is 17.3. The lowest BCUT2D eigenvalue weighted by Gasteiger charge is -2.11. The Hall–Kier alpha value is -3.32. The summed E-state index contributed by atoms with van der Waals surface area (Å²) in [7, 11) is -4.10. The molecule has 0 aliphatic rings. The normalized spacial score (nSPS) is 12.3. The second kappa shape index (κ2) is 8.67. The number of carbonyl (C=O) groups is 1. The number of nitriles is 1. The van der Waals surface area contributed by atoms with E-state index in [1.807, 2.05) is 18.2 Å². The molecule has 3 aromatic carbocycles. The molecule has 32 heavy (non-hydrogen) atoms. The summed E-state index contributed by atoms with van der Waals surface area (Å²) >= 11 is 7.39. The maximum atomic E-state index is 13.2. The highest BCUT2D eigenvalue weighted by Gasteiger charge is 2.28. The molecule has 4 aromatic rings. The third kappa shape index (κ3) is 4.34. The van der Waals surface area contributed by atoms with Gasteiger partial charge in [-0.05, 0) is 54.6 Å². The van der Waals surface area contributed by atoms with Crippen LogP contribution in [0.15, 0.2) is 71.6 Å². The van der Waals surface area contributed by atoms with Crippen molar-refractivity contribution < 1.29 is 17.6 Å². The number of Topliss-reactive ketones (excluding diaryl/α,β-unsaturated/α-hetero) is 1. The number of hydrogen-bond donors (Lipinski definition) is 1. The lowest BCUT2D eigenvalue weighted by molar-refractivity contribution is 0.0979. The van der Waals surface area contributed by atoms with Gasteiger partial charge in [-0.25, -0.2) is 17.8 Å². The fourth-order valence-electron chi connectivity index (χ4n) is 2.99. The first-order valence-corrected chi connectivity index (χ1v) is 11.8. The molecule has 0 saturated carbocycles. The number of benzene rings is 3. The van der Waals surface area contributed by atoms with Crippen molar-refractivity contribution in [3.63, 3.8) is 0 Å². The molecule has 0 fully saturated rings. The summed E-state index contributed by atoms with van der Waals surface area (Å²) in [5.41, 5.74) is 0.699. The highest BCUT2D eigenvalue weighted by atomic mass is 35.5. The molecular weight excluding hydrogens is 473 g/mol. The predicted molar refractivity (Wildman–Crippen MR) is 121 cm³/mol. The number of rotatable bonds is 6. The van der Waals surface area contributed by atoms with E-state index in [1.54, 1.807) is 12.1 Å². The monoisotopic (exact) mass is 485 g/mol. The molecule has 1 aromatic heterocycles. The van der Waals surface area contributed by atoms with Crippen LogP contribution in [0.2, 0.25) is 5.02 Å². The molecule has 4 rings (SSSR count). The first kappa shape index (κ1) is 21.9. The molecule has 1 unspecified atom stereocenters. The van der Waals surface area contributed by atoms with Crippen molar-refractivity contribution in [2.45, 2.75) is 10.8 Å². The Morgan fingerprint density at radius 3 is 2.53 bits per heavy atom. The maximum absolute atomic E-state index is 13.2. The van der Waals surface area contributed by atoms with Crippen molar-refractivity contribution in [1.29, 1.82) is 5.26 Å².